The summed E-state index contributed by atoms with van der Waals surface area (Å²) in [5.74, 6) is 1.01. The van der Waals surface area contributed by atoms with Crippen molar-refractivity contribution in [2.45, 2.75) is 19.9 Å². The summed E-state index contributed by atoms with van der Waals surface area (Å²) in [5, 5.41) is 10.5. The van der Waals surface area contributed by atoms with E-state index in [2.05, 4.69) is 20.7 Å². The van der Waals surface area contributed by atoms with Crippen LogP contribution in [0.25, 0.3) is 6.08 Å². The summed E-state index contributed by atoms with van der Waals surface area (Å²) in [5.41, 5.74) is 2.95. The number of nitrogens with one attached hydrogen (secondary N) is 2. The van der Waals surface area contributed by atoms with Gasteiger partial charge in [-0.15, -0.1) is 0 Å². The predicted molar refractivity (Wildman–Crippen MR) is 117 cm³/mol. The predicted octanol–water partition coefficient (Wildman–Crippen LogP) is 4.27. The first-order chi connectivity index (χ1) is 14.7. The van der Waals surface area contributed by atoms with Crippen molar-refractivity contribution in [3.63, 3.8) is 0 Å². The van der Waals surface area contributed by atoms with Crippen molar-refractivity contribution in [2.24, 2.45) is 0 Å². The minimum atomic E-state index is -0.400. The van der Waals surface area contributed by atoms with Gasteiger partial charge in [-0.2, -0.15) is 10.1 Å². The molecule has 0 bridgehead atoms. The molecule has 7 nitrogen and oxygen atoms in total. The molecule has 0 saturated heterocycles. The SMILES string of the molecule is CCOc1ccccc1NC(=O)C1=C(C)Nc2ncnn2C1/C=C/c1ccccc1. The molecule has 152 valence electrons. The number of ether oxygens (including phenoxy) is 1. The molecule has 4 rings (SSSR count). The Balaban J connectivity index is 1.67. The maximum Gasteiger partial charge on any atom is 0.255 e. The van der Waals surface area contributed by atoms with E-state index in [1.807, 2.05) is 80.6 Å². The van der Waals surface area contributed by atoms with Crippen LogP contribution >= 0.6 is 0 Å². The first-order valence-electron chi connectivity index (χ1n) is 9.81. The van der Waals surface area contributed by atoms with Gasteiger partial charge in [0.25, 0.3) is 5.91 Å². The Kier molecular flexibility index (Phi) is 5.61. The van der Waals surface area contributed by atoms with Crippen LogP contribution in [0.2, 0.25) is 0 Å². The van der Waals surface area contributed by atoms with Gasteiger partial charge < -0.3 is 15.4 Å². The van der Waals surface area contributed by atoms with Crippen molar-refractivity contribution in [1.29, 1.82) is 0 Å². The Bertz CT molecular complexity index is 1100. The van der Waals surface area contributed by atoms with E-state index in [4.69, 9.17) is 4.74 Å². The van der Waals surface area contributed by atoms with Gasteiger partial charge in [0, 0.05) is 5.70 Å². The molecular formula is C23H23N5O2. The molecule has 1 amide bonds. The zero-order chi connectivity index (χ0) is 20.9. The number of hydrogen-bond donors (Lipinski definition) is 2. The van der Waals surface area contributed by atoms with Gasteiger partial charge in [0.05, 0.1) is 17.9 Å². The zero-order valence-corrected chi connectivity index (χ0v) is 16.9. The molecule has 0 aliphatic carbocycles. The molecular weight excluding hydrogens is 378 g/mol. The number of aromatic nitrogens is 3. The molecule has 1 aromatic heterocycles. The van der Waals surface area contributed by atoms with Crippen molar-refractivity contribution in [3.8, 4) is 5.75 Å². The Morgan fingerprint density at radius 3 is 2.77 bits per heavy atom. The lowest BCUT2D eigenvalue weighted by atomic mass is 10.0. The summed E-state index contributed by atoms with van der Waals surface area (Å²) in [6.07, 6.45) is 5.42. The summed E-state index contributed by atoms with van der Waals surface area (Å²) in [6.45, 7) is 4.29. The highest BCUT2D eigenvalue weighted by atomic mass is 16.5. The summed E-state index contributed by atoms with van der Waals surface area (Å²) in [7, 11) is 0. The standard InChI is InChI=1S/C23H23N5O2/c1-3-30-20-12-8-7-11-18(20)27-22(29)21-16(2)26-23-24-15-25-28(23)19(21)14-13-17-9-5-4-6-10-17/h4-15,19H,3H2,1-2H3,(H,27,29)(H,24,25,26)/b14-13+. The van der Waals surface area contributed by atoms with Crippen LogP contribution in [0.4, 0.5) is 11.6 Å². The van der Waals surface area contributed by atoms with Crippen LogP contribution in [0, 0.1) is 0 Å². The Hall–Kier alpha value is -3.87. The van der Waals surface area contributed by atoms with Crippen molar-refractivity contribution < 1.29 is 9.53 Å². The maximum atomic E-state index is 13.3. The van der Waals surface area contributed by atoms with E-state index in [-0.39, 0.29) is 5.91 Å². The lowest BCUT2D eigenvalue weighted by Gasteiger charge is -2.26. The van der Waals surface area contributed by atoms with Crippen LogP contribution in [-0.4, -0.2) is 27.3 Å². The number of fused-ring (bicyclic) bond motifs is 1. The van der Waals surface area contributed by atoms with Gasteiger partial charge in [-0.3, -0.25) is 4.79 Å². The molecule has 2 aromatic carbocycles. The molecule has 1 aliphatic rings. The number of carbonyl (C=O) groups is 1. The zero-order valence-electron chi connectivity index (χ0n) is 16.9. The molecule has 30 heavy (non-hydrogen) atoms. The molecule has 1 unspecified atom stereocenters. The highest BCUT2D eigenvalue weighted by molar-refractivity contribution is 6.06. The number of hydrogen-bond acceptors (Lipinski definition) is 5. The largest absolute Gasteiger partial charge is 0.492 e. The Morgan fingerprint density at radius 1 is 1.20 bits per heavy atom. The second-order valence-corrected chi connectivity index (χ2v) is 6.79. The van der Waals surface area contributed by atoms with Gasteiger partial charge in [-0.05, 0) is 31.5 Å². The number of para-hydroxylation sites is 2. The number of anilines is 2. The quantitative estimate of drug-likeness (QED) is 0.645. The van der Waals surface area contributed by atoms with Gasteiger partial charge in [-0.25, -0.2) is 4.68 Å². The molecule has 0 radical (unpaired) electrons. The first kappa shape index (κ1) is 19.4. The van der Waals surface area contributed by atoms with E-state index < -0.39 is 6.04 Å². The minimum absolute atomic E-state index is 0.226. The second kappa shape index (κ2) is 8.65. The fourth-order valence-electron chi connectivity index (χ4n) is 3.41. The smallest absolute Gasteiger partial charge is 0.255 e. The van der Waals surface area contributed by atoms with E-state index in [0.29, 0.717) is 29.6 Å². The van der Waals surface area contributed by atoms with Crippen LogP contribution in [0.5, 0.6) is 5.75 Å². The fraction of sp³-hybridized carbons (Fsp3) is 0.174. The second-order valence-electron chi connectivity index (χ2n) is 6.79. The lowest BCUT2D eigenvalue weighted by Crippen LogP contribution is -2.30. The first-order valence-corrected chi connectivity index (χ1v) is 9.81. The molecule has 0 fully saturated rings. The molecule has 3 aromatic rings. The molecule has 0 saturated carbocycles. The Labute approximate surface area is 175 Å². The number of carbonyl (C=O) groups excluding carboxylic acids is 1. The van der Waals surface area contributed by atoms with Gasteiger partial charge in [0.1, 0.15) is 18.1 Å². The van der Waals surface area contributed by atoms with E-state index in [1.54, 1.807) is 4.68 Å². The monoisotopic (exact) mass is 401 g/mol. The average molecular weight is 401 g/mol. The highest BCUT2D eigenvalue weighted by Gasteiger charge is 2.30. The summed E-state index contributed by atoms with van der Waals surface area (Å²) >= 11 is 0. The molecule has 7 heteroatoms. The topological polar surface area (TPSA) is 81.1 Å². The summed E-state index contributed by atoms with van der Waals surface area (Å²) < 4.78 is 7.34. The number of allylic oxidation sites excluding steroid dienone is 2. The molecule has 1 aliphatic heterocycles. The third-order valence-electron chi connectivity index (χ3n) is 4.79. The van der Waals surface area contributed by atoms with Crippen LogP contribution in [0.3, 0.4) is 0 Å². The molecule has 1 atom stereocenters. The van der Waals surface area contributed by atoms with Gasteiger partial charge in [0.15, 0.2) is 0 Å². The van der Waals surface area contributed by atoms with Crippen molar-refractivity contribution in [2.75, 3.05) is 17.2 Å². The molecule has 0 spiro atoms. The van der Waals surface area contributed by atoms with Gasteiger partial charge in [0.2, 0.25) is 5.95 Å². The summed E-state index contributed by atoms with van der Waals surface area (Å²) in [4.78, 5) is 17.6. The van der Waals surface area contributed by atoms with E-state index in [9.17, 15) is 4.79 Å². The third kappa shape index (κ3) is 3.96. The van der Waals surface area contributed by atoms with Crippen LogP contribution in [-0.2, 0) is 4.79 Å². The van der Waals surface area contributed by atoms with E-state index in [0.717, 1.165) is 11.3 Å². The fourth-order valence-corrected chi connectivity index (χ4v) is 3.41. The number of nitrogens with zero attached hydrogens (tertiary/aromatic N) is 3. The van der Waals surface area contributed by atoms with E-state index >= 15 is 0 Å². The van der Waals surface area contributed by atoms with Gasteiger partial charge in [-0.1, -0.05) is 54.6 Å². The van der Waals surface area contributed by atoms with Gasteiger partial charge >= 0.3 is 0 Å². The number of amides is 1. The summed E-state index contributed by atoms with van der Waals surface area (Å²) in [6, 6.07) is 16.9. The molecule has 2 heterocycles. The number of benzene rings is 2. The van der Waals surface area contributed by atoms with Crippen molar-refractivity contribution >= 4 is 23.6 Å². The van der Waals surface area contributed by atoms with Crippen LogP contribution in [0.15, 0.2) is 78.3 Å². The van der Waals surface area contributed by atoms with Crippen molar-refractivity contribution in [1.82, 2.24) is 14.8 Å². The van der Waals surface area contributed by atoms with E-state index in [1.165, 1.54) is 6.33 Å². The average Bonchev–Trinajstić information content (AvgIpc) is 3.22. The van der Waals surface area contributed by atoms with Crippen LogP contribution in [0.1, 0.15) is 25.5 Å². The Morgan fingerprint density at radius 2 is 1.97 bits per heavy atom. The number of rotatable bonds is 6. The third-order valence-corrected chi connectivity index (χ3v) is 4.79. The highest BCUT2D eigenvalue weighted by Crippen LogP contribution is 2.33. The van der Waals surface area contributed by atoms with Crippen molar-refractivity contribution in [3.05, 3.63) is 83.8 Å². The maximum absolute atomic E-state index is 13.3. The lowest BCUT2D eigenvalue weighted by molar-refractivity contribution is -0.113. The molecule has 2 N–H and O–H groups in total. The minimum Gasteiger partial charge on any atom is -0.492 e. The normalized spacial score (nSPS) is 15.6. The van der Waals surface area contributed by atoms with Crippen LogP contribution < -0.4 is 15.4 Å².